The minimum absolute atomic E-state index is 0.131. The molecular formula is C16H12O3. The van der Waals surface area contributed by atoms with Crippen LogP contribution in [0.15, 0.2) is 64.3 Å². The number of hydrogen-bond donors (Lipinski definition) is 1. The summed E-state index contributed by atoms with van der Waals surface area (Å²) < 4.78 is 5.72. The minimum atomic E-state index is -0.882. The number of hydrogen-bond acceptors (Lipinski definition) is 3. The van der Waals surface area contributed by atoms with E-state index in [1.54, 1.807) is 36.4 Å². The molecule has 1 heterocycles. The van der Waals surface area contributed by atoms with E-state index in [9.17, 15) is 9.90 Å². The maximum absolute atomic E-state index is 12.5. The molecule has 1 N–H and O–H groups in total. The number of aliphatic hydroxyl groups is 1. The highest BCUT2D eigenvalue weighted by atomic mass is 16.3. The Morgan fingerprint density at radius 1 is 1.11 bits per heavy atom. The van der Waals surface area contributed by atoms with E-state index in [0.29, 0.717) is 27.5 Å². The zero-order valence-corrected chi connectivity index (χ0v) is 10.2. The van der Waals surface area contributed by atoms with Crippen LogP contribution in [-0.2, 0) is 0 Å². The van der Waals surface area contributed by atoms with Crippen LogP contribution in [0.25, 0.3) is 21.9 Å². The highest BCUT2D eigenvalue weighted by Crippen LogP contribution is 2.25. The third-order valence-electron chi connectivity index (χ3n) is 3.18. The van der Waals surface area contributed by atoms with Gasteiger partial charge in [0.2, 0.25) is 5.43 Å². The van der Waals surface area contributed by atoms with Gasteiger partial charge in [-0.3, -0.25) is 4.79 Å². The molecule has 3 heteroatoms. The van der Waals surface area contributed by atoms with Gasteiger partial charge in [0.1, 0.15) is 11.2 Å². The van der Waals surface area contributed by atoms with Gasteiger partial charge in [-0.25, -0.2) is 0 Å². The Kier molecular flexibility index (Phi) is 2.69. The van der Waals surface area contributed by atoms with E-state index in [1.165, 1.54) is 6.08 Å². The minimum Gasteiger partial charge on any atom is -0.456 e. The van der Waals surface area contributed by atoms with Crippen molar-refractivity contribution in [1.29, 1.82) is 0 Å². The van der Waals surface area contributed by atoms with Crippen LogP contribution in [0.3, 0.4) is 0 Å². The van der Waals surface area contributed by atoms with Crippen LogP contribution < -0.4 is 5.43 Å². The maximum Gasteiger partial charge on any atom is 0.200 e. The molecule has 0 aliphatic rings. The van der Waals surface area contributed by atoms with Gasteiger partial charge in [0.05, 0.1) is 16.9 Å². The summed E-state index contributed by atoms with van der Waals surface area (Å²) in [7, 11) is 0. The van der Waals surface area contributed by atoms with Gasteiger partial charge >= 0.3 is 0 Å². The monoisotopic (exact) mass is 252 g/mol. The summed E-state index contributed by atoms with van der Waals surface area (Å²) in [4.78, 5) is 12.5. The molecule has 3 rings (SSSR count). The Bertz CT molecular complexity index is 830. The molecule has 1 aromatic heterocycles. The van der Waals surface area contributed by atoms with E-state index in [0.717, 1.165) is 0 Å². The SMILES string of the molecule is C=CC(O)c1cccc2oc3ccccc3c(=O)c12. The Hall–Kier alpha value is -2.39. The molecule has 0 aliphatic heterocycles. The molecule has 0 bridgehead atoms. The van der Waals surface area contributed by atoms with Gasteiger partial charge in [-0.05, 0) is 23.8 Å². The van der Waals surface area contributed by atoms with Gasteiger partial charge in [0.15, 0.2) is 0 Å². The highest BCUT2D eigenvalue weighted by molar-refractivity contribution is 5.91. The zero-order chi connectivity index (χ0) is 13.4. The number of aliphatic hydroxyl groups excluding tert-OH is 1. The lowest BCUT2D eigenvalue weighted by Crippen LogP contribution is -2.07. The molecule has 0 amide bonds. The average Bonchev–Trinajstić information content (AvgIpc) is 2.46. The molecule has 0 fully saturated rings. The van der Waals surface area contributed by atoms with Gasteiger partial charge in [0, 0.05) is 0 Å². The first-order chi connectivity index (χ1) is 9.22. The number of benzene rings is 2. The van der Waals surface area contributed by atoms with E-state index in [-0.39, 0.29) is 5.43 Å². The third-order valence-corrected chi connectivity index (χ3v) is 3.18. The number of fused-ring (bicyclic) bond motifs is 2. The molecule has 2 aromatic carbocycles. The smallest absolute Gasteiger partial charge is 0.200 e. The van der Waals surface area contributed by atoms with Crippen LogP contribution in [0.1, 0.15) is 11.7 Å². The molecule has 0 saturated carbocycles. The van der Waals surface area contributed by atoms with Crippen molar-refractivity contribution < 1.29 is 9.52 Å². The Morgan fingerprint density at radius 2 is 1.84 bits per heavy atom. The molecule has 94 valence electrons. The Labute approximate surface area is 109 Å². The average molecular weight is 252 g/mol. The summed E-state index contributed by atoms with van der Waals surface area (Å²) in [5, 5.41) is 10.8. The van der Waals surface area contributed by atoms with Crippen LogP contribution in [0.5, 0.6) is 0 Å². The fraction of sp³-hybridized carbons (Fsp3) is 0.0625. The molecule has 3 nitrogen and oxygen atoms in total. The Balaban J connectivity index is 2.53. The van der Waals surface area contributed by atoms with Gasteiger partial charge in [-0.1, -0.05) is 30.3 Å². The largest absolute Gasteiger partial charge is 0.456 e. The van der Waals surface area contributed by atoms with Gasteiger partial charge < -0.3 is 9.52 Å². The van der Waals surface area contributed by atoms with Crippen molar-refractivity contribution in [3.63, 3.8) is 0 Å². The lowest BCUT2D eigenvalue weighted by Gasteiger charge is -2.09. The van der Waals surface area contributed by atoms with Crippen molar-refractivity contribution in [3.05, 3.63) is 70.9 Å². The van der Waals surface area contributed by atoms with Crippen molar-refractivity contribution in [3.8, 4) is 0 Å². The van der Waals surface area contributed by atoms with Crippen LogP contribution in [0, 0.1) is 0 Å². The van der Waals surface area contributed by atoms with Crippen molar-refractivity contribution in [2.24, 2.45) is 0 Å². The molecule has 0 saturated heterocycles. The second-order valence-corrected chi connectivity index (χ2v) is 4.33. The van der Waals surface area contributed by atoms with E-state index >= 15 is 0 Å². The third kappa shape index (κ3) is 1.75. The predicted molar refractivity (Wildman–Crippen MR) is 75.1 cm³/mol. The van der Waals surface area contributed by atoms with E-state index < -0.39 is 6.10 Å². The first-order valence-electron chi connectivity index (χ1n) is 5.97. The summed E-state index contributed by atoms with van der Waals surface area (Å²) >= 11 is 0. The fourth-order valence-corrected chi connectivity index (χ4v) is 2.25. The molecule has 1 atom stereocenters. The predicted octanol–water partition coefficient (Wildman–Crippen LogP) is 3.17. The first-order valence-corrected chi connectivity index (χ1v) is 5.97. The van der Waals surface area contributed by atoms with Crippen molar-refractivity contribution >= 4 is 21.9 Å². The second-order valence-electron chi connectivity index (χ2n) is 4.33. The fourth-order valence-electron chi connectivity index (χ4n) is 2.25. The van der Waals surface area contributed by atoms with Gasteiger partial charge in [-0.15, -0.1) is 6.58 Å². The lowest BCUT2D eigenvalue weighted by molar-refractivity contribution is 0.230. The zero-order valence-electron chi connectivity index (χ0n) is 10.2. The molecule has 0 spiro atoms. The van der Waals surface area contributed by atoms with Crippen LogP contribution in [0.4, 0.5) is 0 Å². The van der Waals surface area contributed by atoms with Crippen LogP contribution in [-0.4, -0.2) is 5.11 Å². The quantitative estimate of drug-likeness (QED) is 0.563. The van der Waals surface area contributed by atoms with Crippen molar-refractivity contribution in [2.45, 2.75) is 6.10 Å². The summed E-state index contributed by atoms with van der Waals surface area (Å²) in [6.07, 6.45) is 0.511. The molecule has 0 aliphatic carbocycles. The lowest BCUT2D eigenvalue weighted by atomic mass is 10.0. The van der Waals surface area contributed by atoms with Crippen molar-refractivity contribution in [2.75, 3.05) is 0 Å². The highest BCUT2D eigenvalue weighted by Gasteiger charge is 2.14. The van der Waals surface area contributed by atoms with E-state index in [1.807, 2.05) is 6.07 Å². The van der Waals surface area contributed by atoms with E-state index in [4.69, 9.17) is 4.42 Å². The van der Waals surface area contributed by atoms with Crippen LogP contribution in [0.2, 0.25) is 0 Å². The molecule has 3 aromatic rings. The van der Waals surface area contributed by atoms with Gasteiger partial charge in [0.25, 0.3) is 0 Å². The molecule has 19 heavy (non-hydrogen) atoms. The first kappa shape index (κ1) is 11.7. The van der Waals surface area contributed by atoms with E-state index in [2.05, 4.69) is 6.58 Å². The molecular weight excluding hydrogens is 240 g/mol. The standard InChI is InChI=1S/C16H12O3/c1-2-12(17)10-7-5-9-14-15(10)16(18)11-6-3-4-8-13(11)19-14/h2-9,12,17H,1H2. The Morgan fingerprint density at radius 3 is 2.63 bits per heavy atom. The van der Waals surface area contributed by atoms with Crippen molar-refractivity contribution in [1.82, 2.24) is 0 Å². The second kappa shape index (κ2) is 4.37. The maximum atomic E-state index is 12.5. The normalized spacial score (nSPS) is 12.7. The summed E-state index contributed by atoms with van der Waals surface area (Å²) in [5.74, 6) is 0. The molecule has 0 radical (unpaired) electrons. The summed E-state index contributed by atoms with van der Waals surface area (Å²) in [6, 6.07) is 12.3. The summed E-state index contributed by atoms with van der Waals surface area (Å²) in [6.45, 7) is 3.55. The van der Waals surface area contributed by atoms with Gasteiger partial charge in [-0.2, -0.15) is 0 Å². The van der Waals surface area contributed by atoms with Crippen LogP contribution >= 0.6 is 0 Å². The molecule has 1 unspecified atom stereocenters. The topological polar surface area (TPSA) is 50.4 Å². The number of para-hydroxylation sites is 1. The summed E-state index contributed by atoms with van der Waals surface area (Å²) in [5.41, 5.74) is 1.41. The number of rotatable bonds is 2.